The Bertz CT molecular complexity index is 1070. The molecule has 222 valence electrons. The normalized spacial score (nSPS) is 15.7. The van der Waals surface area contributed by atoms with E-state index in [1.165, 1.54) is 33.4 Å². The standard InChI is InChI=1S/C16H18.2C9H10O2.3CH4/c1-3-13-5-9-15(10-6-13)16-11-7-14(4-2)8-12-16;2*1-2-4-8(5-3-1)6-10-9-7-11-9;;;/h5-12H,3-4H2,1-2H3;2*1-5,9H,6-7H2;3*1H4. The SMILES string of the molecule is C.C.C.CCc1ccc(-c2ccc(CC)cc2)cc1.c1ccc(COC2CO2)cc1.c1ccc(COC2CO2)cc1. The van der Waals surface area contributed by atoms with Gasteiger partial charge in [0.15, 0.2) is 12.6 Å². The van der Waals surface area contributed by atoms with Crippen molar-refractivity contribution in [3.05, 3.63) is 131 Å². The molecule has 2 unspecified atom stereocenters. The van der Waals surface area contributed by atoms with Gasteiger partial charge in [-0.2, -0.15) is 0 Å². The highest BCUT2D eigenvalue weighted by molar-refractivity contribution is 5.63. The van der Waals surface area contributed by atoms with E-state index < -0.39 is 0 Å². The Labute approximate surface area is 249 Å². The van der Waals surface area contributed by atoms with E-state index in [0.29, 0.717) is 13.2 Å². The summed E-state index contributed by atoms with van der Waals surface area (Å²) in [6.07, 6.45) is 2.34. The lowest BCUT2D eigenvalue weighted by Crippen LogP contribution is -1.94. The van der Waals surface area contributed by atoms with Crippen molar-refractivity contribution < 1.29 is 18.9 Å². The van der Waals surface area contributed by atoms with Crippen LogP contribution in [0.3, 0.4) is 0 Å². The third kappa shape index (κ3) is 13.8. The summed E-state index contributed by atoms with van der Waals surface area (Å²) in [5.74, 6) is 0. The van der Waals surface area contributed by atoms with Gasteiger partial charge in [-0.25, -0.2) is 0 Å². The van der Waals surface area contributed by atoms with Gasteiger partial charge in [0.25, 0.3) is 0 Å². The van der Waals surface area contributed by atoms with Gasteiger partial charge in [0.05, 0.1) is 13.2 Å². The lowest BCUT2D eigenvalue weighted by Gasteiger charge is -2.04. The lowest BCUT2D eigenvalue weighted by molar-refractivity contribution is 0.0384. The lowest BCUT2D eigenvalue weighted by atomic mass is 10.0. The molecule has 0 amide bonds. The van der Waals surface area contributed by atoms with Crippen LogP contribution in [0.1, 0.15) is 58.4 Å². The smallest absolute Gasteiger partial charge is 0.181 e. The van der Waals surface area contributed by atoms with E-state index in [1.807, 2.05) is 60.7 Å². The molecular formula is C37H50O4. The Balaban J connectivity index is 0.000000303. The van der Waals surface area contributed by atoms with E-state index in [0.717, 1.165) is 26.1 Å². The zero-order valence-electron chi connectivity index (χ0n) is 22.4. The Morgan fingerprint density at radius 3 is 1.07 bits per heavy atom. The summed E-state index contributed by atoms with van der Waals surface area (Å²) in [4.78, 5) is 0. The van der Waals surface area contributed by atoms with E-state index in [1.54, 1.807) is 0 Å². The molecule has 2 aliphatic rings. The molecule has 4 nitrogen and oxygen atoms in total. The van der Waals surface area contributed by atoms with Crippen LogP contribution in [0, 0.1) is 0 Å². The molecule has 6 rings (SSSR count). The minimum Gasteiger partial charge on any atom is -0.346 e. The highest BCUT2D eigenvalue weighted by Crippen LogP contribution is 2.20. The summed E-state index contributed by atoms with van der Waals surface area (Å²) in [5.41, 5.74) is 7.80. The van der Waals surface area contributed by atoms with Crippen LogP contribution in [0.4, 0.5) is 0 Å². The van der Waals surface area contributed by atoms with Gasteiger partial charge in [0.2, 0.25) is 0 Å². The van der Waals surface area contributed by atoms with Crippen LogP contribution in [0.15, 0.2) is 109 Å². The number of hydrogen-bond acceptors (Lipinski definition) is 4. The average molecular weight is 559 g/mol. The first-order valence-corrected chi connectivity index (χ1v) is 13.5. The fourth-order valence-electron chi connectivity index (χ4n) is 3.66. The van der Waals surface area contributed by atoms with Gasteiger partial charge >= 0.3 is 0 Å². The quantitative estimate of drug-likeness (QED) is 0.192. The van der Waals surface area contributed by atoms with E-state index >= 15 is 0 Å². The van der Waals surface area contributed by atoms with Crippen molar-refractivity contribution in [3.8, 4) is 11.1 Å². The summed E-state index contributed by atoms with van der Waals surface area (Å²) in [5, 5.41) is 0. The predicted octanol–water partition coefficient (Wildman–Crippen LogP) is 9.51. The molecule has 4 aromatic rings. The van der Waals surface area contributed by atoms with Gasteiger partial charge in [0, 0.05) is 0 Å². The molecule has 4 aromatic carbocycles. The van der Waals surface area contributed by atoms with E-state index in [9.17, 15) is 0 Å². The van der Waals surface area contributed by atoms with E-state index in [4.69, 9.17) is 18.9 Å². The van der Waals surface area contributed by atoms with Gasteiger partial charge < -0.3 is 18.9 Å². The second kappa shape index (κ2) is 19.7. The molecule has 2 fully saturated rings. The maximum absolute atomic E-state index is 5.32. The largest absolute Gasteiger partial charge is 0.346 e. The molecule has 0 aromatic heterocycles. The Morgan fingerprint density at radius 2 is 0.805 bits per heavy atom. The van der Waals surface area contributed by atoms with Crippen LogP contribution in [0.25, 0.3) is 11.1 Å². The fourth-order valence-corrected chi connectivity index (χ4v) is 3.66. The van der Waals surface area contributed by atoms with Gasteiger partial charge in [-0.15, -0.1) is 0 Å². The van der Waals surface area contributed by atoms with E-state index in [-0.39, 0.29) is 34.9 Å². The van der Waals surface area contributed by atoms with Crippen LogP contribution in [0.2, 0.25) is 0 Å². The third-order valence-corrected chi connectivity index (χ3v) is 6.22. The van der Waals surface area contributed by atoms with Gasteiger partial charge in [-0.05, 0) is 46.2 Å². The molecule has 2 atom stereocenters. The first kappa shape index (κ1) is 35.7. The Hall–Kier alpha value is -3.28. The summed E-state index contributed by atoms with van der Waals surface area (Å²) in [6, 6.07) is 37.9. The van der Waals surface area contributed by atoms with Crippen LogP contribution in [-0.4, -0.2) is 25.8 Å². The maximum atomic E-state index is 5.32. The highest BCUT2D eigenvalue weighted by Gasteiger charge is 2.23. The minimum absolute atomic E-state index is 0. The van der Waals surface area contributed by atoms with Gasteiger partial charge in [-0.3, -0.25) is 0 Å². The number of epoxide rings is 2. The van der Waals surface area contributed by atoms with Crippen molar-refractivity contribution in [2.24, 2.45) is 0 Å². The van der Waals surface area contributed by atoms with Gasteiger partial charge in [0.1, 0.15) is 13.2 Å². The van der Waals surface area contributed by atoms with Crippen molar-refractivity contribution in [2.75, 3.05) is 13.2 Å². The maximum Gasteiger partial charge on any atom is 0.181 e. The summed E-state index contributed by atoms with van der Waals surface area (Å²) in [6.45, 7) is 7.20. The zero-order valence-corrected chi connectivity index (χ0v) is 22.4. The second-order valence-corrected chi connectivity index (χ2v) is 9.22. The summed E-state index contributed by atoms with van der Waals surface area (Å²) < 4.78 is 20.4. The topological polar surface area (TPSA) is 43.5 Å². The first-order valence-electron chi connectivity index (χ1n) is 13.5. The molecule has 4 heteroatoms. The summed E-state index contributed by atoms with van der Waals surface area (Å²) >= 11 is 0. The minimum atomic E-state index is 0. The average Bonchev–Trinajstić information content (AvgIpc) is 3.93. The molecule has 0 spiro atoms. The molecule has 2 heterocycles. The number of rotatable bonds is 9. The van der Waals surface area contributed by atoms with Crippen LogP contribution in [-0.2, 0) is 45.0 Å². The molecule has 41 heavy (non-hydrogen) atoms. The molecule has 0 radical (unpaired) electrons. The number of ether oxygens (including phenoxy) is 4. The molecule has 0 bridgehead atoms. The Kier molecular flexibility index (Phi) is 17.2. The fraction of sp³-hybridized carbons (Fsp3) is 0.351. The van der Waals surface area contributed by atoms with Crippen LogP contribution in [0.5, 0.6) is 0 Å². The summed E-state index contributed by atoms with van der Waals surface area (Å²) in [7, 11) is 0. The highest BCUT2D eigenvalue weighted by atomic mass is 16.8. The second-order valence-electron chi connectivity index (χ2n) is 9.22. The van der Waals surface area contributed by atoms with Crippen molar-refractivity contribution in [3.63, 3.8) is 0 Å². The molecular weight excluding hydrogens is 508 g/mol. The molecule has 0 saturated carbocycles. The van der Waals surface area contributed by atoms with Gasteiger partial charge in [-0.1, -0.05) is 145 Å². The number of hydrogen-bond donors (Lipinski definition) is 0. The molecule has 0 aliphatic carbocycles. The molecule has 2 aliphatic heterocycles. The predicted molar refractivity (Wildman–Crippen MR) is 173 cm³/mol. The Morgan fingerprint density at radius 1 is 0.488 bits per heavy atom. The van der Waals surface area contributed by atoms with E-state index in [2.05, 4.69) is 62.4 Å². The van der Waals surface area contributed by atoms with Crippen molar-refractivity contribution >= 4 is 0 Å². The zero-order chi connectivity index (χ0) is 26.4. The first-order chi connectivity index (χ1) is 18.7. The molecule has 2 saturated heterocycles. The number of benzene rings is 4. The van der Waals surface area contributed by atoms with Crippen LogP contribution >= 0.6 is 0 Å². The van der Waals surface area contributed by atoms with Crippen molar-refractivity contribution in [1.82, 2.24) is 0 Å². The van der Waals surface area contributed by atoms with Crippen molar-refractivity contribution in [1.29, 1.82) is 0 Å². The third-order valence-electron chi connectivity index (χ3n) is 6.22. The number of aryl methyl sites for hydroxylation is 2. The van der Waals surface area contributed by atoms with Crippen LogP contribution < -0.4 is 0 Å². The molecule has 0 N–H and O–H groups in total. The van der Waals surface area contributed by atoms with Crippen molar-refractivity contribution in [2.45, 2.75) is 74.8 Å². The monoisotopic (exact) mass is 558 g/mol.